The van der Waals surface area contributed by atoms with E-state index >= 15 is 0 Å². The first kappa shape index (κ1) is 21.9. The van der Waals surface area contributed by atoms with Crippen molar-refractivity contribution in [3.8, 4) is 0 Å². The quantitative estimate of drug-likeness (QED) is 0.392. The highest BCUT2D eigenvalue weighted by Crippen LogP contribution is 2.33. The summed E-state index contributed by atoms with van der Waals surface area (Å²) >= 11 is 7.99. The molecular formula is C17H27ClIN3OS. The van der Waals surface area contributed by atoms with Crippen molar-refractivity contribution in [1.82, 2.24) is 10.2 Å². The van der Waals surface area contributed by atoms with Gasteiger partial charge in [-0.25, -0.2) is 0 Å². The monoisotopic (exact) mass is 483 g/mol. The first-order valence-electron chi connectivity index (χ1n) is 7.88. The molecule has 0 radical (unpaired) electrons. The van der Waals surface area contributed by atoms with Gasteiger partial charge in [0.25, 0.3) is 0 Å². The Labute approximate surface area is 171 Å². The maximum atomic E-state index is 6.06. The van der Waals surface area contributed by atoms with Gasteiger partial charge >= 0.3 is 0 Å². The fraction of sp³-hybridized carbons (Fsp3) is 0.588. The molecule has 7 heteroatoms. The number of hydrogen-bond donors (Lipinski definition) is 1. The van der Waals surface area contributed by atoms with Crippen LogP contribution in [0.25, 0.3) is 0 Å². The Morgan fingerprint density at radius 3 is 2.71 bits per heavy atom. The summed E-state index contributed by atoms with van der Waals surface area (Å²) in [7, 11) is 3.87. The summed E-state index contributed by atoms with van der Waals surface area (Å²) in [5.41, 5.74) is 1.17. The van der Waals surface area contributed by atoms with Gasteiger partial charge in [-0.1, -0.05) is 23.7 Å². The summed E-state index contributed by atoms with van der Waals surface area (Å²) in [6.45, 7) is 3.37. The van der Waals surface area contributed by atoms with Crippen molar-refractivity contribution in [1.29, 1.82) is 0 Å². The predicted octanol–water partition coefficient (Wildman–Crippen LogP) is 3.88. The van der Waals surface area contributed by atoms with Crippen LogP contribution in [-0.2, 0) is 11.3 Å². The first-order chi connectivity index (χ1) is 11.1. The maximum absolute atomic E-state index is 6.06. The fourth-order valence-corrected chi connectivity index (χ4v) is 3.81. The van der Waals surface area contributed by atoms with Crippen LogP contribution in [-0.4, -0.2) is 55.7 Å². The number of rotatable bonds is 5. The number of nitrogens with one attached hydrogen (secondary N) is 1. The third-order valence-corrected chi connectivity index (χ3v) is 5.94. The van der Waals surface area contributed by atoms with Crippen molar-refractivity contribution in [2.24, 2.45) is 4.99 Å². The van der Waals surface area contributed by atoms with Gasteiger partial charge in [-0.2, -0.15) is 11.8 Å². The molecule has 1 aromatic rings. The van der Waals surface area contributed by atoms with Gasteiger partial charge in [0.05, 0.1) is 0 Å². The standard InChI is InChI=1S/C17H26ClN3OS.HI/c1-19-16(20-13-17(23-3)7-9-22-10-8-17)21(2)12-14-5-4-6-15(18)11-14;/h4-6,11H,7-10,12-13H2,1-3H3,(H,19,20);1H. The number of thioether (sulfide) groups is 1. The molecule has 0 amide bonds. The Morgan fingerprint density at radius 2 is 2.12 bits per heavy atom. The molecule has 0 atom stereocenters. The van der Waals surface area contributed by atoms with E-state index < -0.39 is 0 Å². The van der Waals surface area contributed by atoms with Crippen molar-refractivity contribution in [2.45, 2.75) is 24.1 Å². The van der Waals surface area contributed by atoms with Gasteiger partial charge in [-0.15, -0.1) is 24.0 Å². The van der Waals surface area contributed by atoms with Crippen LogP contribution in [0.3, 0.4) is 0 Å². The van der Waals surface area contributed by atoms with Crippen LogP contribution in [0.4, 0.5) is 0 Å². The van der Waals surface area contributed by atoms with Gasteiger partial charge in [-0.3, -0.25) is 4.99 Å². The highest BCUT2D eigenvalue weighted by Gasteiger charge is 2.32. The van der Waals surface area contributed by atoms with E-state index in [4.69, 9.17) is 16.3 Å². The molecule has 1 heterocycles. The lowest BCUT2D eigenvalue weighted by Crippen LogP contribution is -2.48. The zero-order valence-corrected chi connectivity index (χ0v) is 18.5. The number of ether oxygens (including phenoxy) is 1. The molecule has 1 aromatic carbocycles. The predicted molar refractivity (Wildman–Crippen MR) is 116 cm³/mol. The lowest BCUT2D eigenvalue weighted by molar-refractivity contribution is 0.0781. The van der Waals surface area contributed by atoms with Crippen LogP contribution in [0.1, 0.15) is 18.4 Å². The van der Waals surface area contributed by atoms with Crippen molar-refractivity contribution < 1.29 is 4.74 Å². The summed E-state index contributed by atoms with van der Waals surface area (Å²) in [6, 6.07) is 7.95. The smallest absolute Gasteiger partial charge is 0.193 e. The van der Waals surface area contributed by atoms with E-state index in [0.717, 1.165) is 50.1 Å². The zero-order chi connectivity index (χ0) is 16.7. The Balaban J connectivity index is 0.00000288. The van der Waals surface area contributed by atoms with E-state index in [-0.39, 0.29) is 28.7 Å². The zero-order valence-electron chi connectivity index (χ0n) is 14.5. The number of halogens is 2. The average Bonchev–Trinajstić information content (AvgIpc) is 2.56. The van der Waals surface area contributed by atoms with E-state index in [2.05, 4.69) is 27.5 Å². The number of guanidine groups is 1. The van der Waals surface area contributed by atoms with Crippen LogP contribution < -0.4 is 5.32 Å². The largest absolute Gasteiger partial charge is 0.381 e. The van der Waals surface area contributed by atoms with Gasteiger partial charge in [0.1, 0.15) is 0 Å². The van der Waals surface area contributed by atoms with Gasteiger partial charge < -0.3 is 15.0 Å². The molecule has 1 aliphatic rings. The third kappa shape index (κ3) is 6.28. The number of aliphatic imine (C=N–C) groups is 1. The molecule has 0 aliphatic carbocycles. The molecule has 1 fully saturated rings. The molecule has 1 aliphatic heterocycles. The molecule has 0 saturated carbocycles. The van der Waals surface area contributed by atoms with Gasteiger partial charge in [-0.05, 0) is 36.8 Å². The lowest BCUT2D eigenvalue weighted by Gasteiger charge is -2.37. The maximum Gasteiger partial charge on any atom is 0.193 e. The second-order valence-electron chi connectivity index (χ2n) is 5.89. The molecule has 2 rings (SSSR count). The van der Waals surface area contributed by atoms with Crippen molar-refractivity contribution in [3.05, 3.63) is 34.9 Å². The van der Waals surface area contributed by atoms with Gasteiger partial charge in [0.2, 0.25) is 0 Å². The highest BCUT2D eigenvalue weighted by atomic mass is 127. The summed E-state index contributed by atoms with van der Waals surface area (Å²) in [6.07, 6.45) is 4.35. The molecule has 1 N–H and O–H groups in total. The Hall–Kier alpha value is -0.180. The molecule has 4 nitrogen and oxygen atoms in total. The molecule has 0 bridgehead atoms. The van der Waals surface area contributed by atoms with E-state index in [1.54, 1.807) is 0 Å². The molecule has 0 spiro atoms. The molecule has 0 unspecified atom stereocenters. The van der Waals surface area contributed by atoms with E-state index in [1.165, 1.54) is 5.56 Å². The molecule has 24 heavy (non-hydrogen) atoms. The second kappa shape index (κ2) is 10.7. The van der Waals surface area contributed by atoms with Crippen molar-refractivity contribution in [2.75, 3.05) is 40.1 Å². The van der Waals surface area contributed by atoms with Crippen LogP contribution in [0.2, 0.25) is 5.02 Å². The van der Waals surface area contributed by atoms with Gasteiger partial charge in [0.15, 0.2) is 5.96 Å². The highest BCUT2D eigenvalue weighted by molar-refractivity contribution is 14.0. The van der Waals surface area contributed by atoms with E-state index in [1.807, 2.05) is 44.1 Å². The Kier molecular flexibility index (Phi) is 9.77. The van der Waals surface area contributed by atoms with Crippen molar-refractivity contribution >= 4 is 53.3 Å². The molecular weight excluding hydrogens is 457 g/mol. The fourth-order valence-electron chi connectivity index (χ4n) is 2.81. The molecule has 1 saturated heterocycles. The van der Waals surface area contributed by atoms with Crippen LogP contribution in [0.5, 0.6) is 0 Å². The summed E-state index contributed by atoms with van der Waals surface area (Å²) in [5, 5.41) is 4.30. The Morgan fingerprint density at radius 1 is 1.42 bits per heavy atom. The first-order valence-corrected chi connectivity index (χ1v) is 9.48. The van der Waals surface area contributed by atoms with Crippen LogP contribution >= 0.6 is 47.3 Å². The topological polar surface area (TPSA) is 36.9 Å². The summed E-state index contributed by atoms with van der Waals surface area (Å²) in [4.78, 5) is 6.54. The second-order valence-corrected chi connectivity index (χ2v) is 7.60. The van der Waals surface area contributed by atoms with Gasteiger partial charge in [0, 0.05) is 50.2 Å². The van der Waals surface area contributed by atoms with E-state index in [0.29, 0.717) is 0 Å². The number of benzene rings is 1. The minimum absolute atomic E-state index is 0. The Bertz CT molecular complexity index is 538. The van der Waals surface area contributed by atoms with Crippen LogP contribution in [0, 0.1) is 0 Å². The average molecular weight is 484 g/mol. The molecule has 0 aromatic heterocycles. The van der Waals surface area contributed by atoms with Crippen molar-refractivity contribution in [3.63, 3.8) is 0 Å². The SMILES string of the molecule is CN=C(NCC1(SC)CCOCC1)N(C)Cc1cccc(Cl)c1.I. The van der Waals surface area contributed by atoms with Crippen LogP contribution in [0.15, 0.2) is 29.3 Å². The minimum Gasteiger partial charge on any atom is -0.381 e. The summed E-state index contributed by atoms with van der Waals surface area (Å²) in [5.74, 6) is 0.907. The summed E-state index contributed by atoms with van der Waals surface area (Å²) < 4.78 is 5.74. The van der Waals surface area contributed by atoms with E-state index in [9.17, 15) is 0 Å². The number of nitrogens with zero attached hydrogens (tertiary/aromatic N) is 2. The normalized spacial score (nSPS) is 17.1. The third-order valence-electron chi connectivity index (χ3n) is 4.29. The number of hydrogen-bond acceptors (Lipinski definition) is 3. The lowest BCUT2D eigenvalue weighted by atomic mass is 9.99. The molecule has 136 valence electrons. The minimum atomic E-state index is 0.